The molecule has 1 aliphatic carbocycles. The van der Waals surface area contributed by atoms with Gasteiger partial charge in [0.1, 0.15) is 5.82 Å². The van der Waals surface area contributed by atoms with E-state index in [1.807, 2.05) is 97.1 Å². The average molecular weight is 744 g/mol. The van der Waals surface area contributed by atoms with E-state index in [4.69, 9.17) is 24.9 Å². The summed E-state index contributed by atoms with van der Waals surface area (Å²) in [6.07, 6.45) is 7.55. The van der Waals surface area contributed by atoms with Gasteiger partial charge in [-0.3, -0.25) is 0 Å². The number of benzene rings is 7. The predicted octanol–water partition coefficient (Wildman–Crippen LogP) is 12.9. The van der Waals surface area contributed by atoms with Crippen LogP contribution in [-0.4, -0.2) is 24.9 Å². The minimum absolute atomic E-state index is 0.0443. The van der Waals surface area contributed by atoms with Crippen molar-refractivity contribution < 1.29 is 0 Å². The molecule has 7 aromatic carbocycles. The summed E-state index contributed by atoms with van der Waals surface area (Å²) in [6.45, 7) is 0. The Bertz CT molecular complexity index is 2830. The zero-order chi connectivity index (χ0) is 38.7. The van der Waals surface area contributed by atoms with Gasteiger partial charge in [-0.2, -0.15) is 0 Å². The Kier molecular flexibility index (Phi) is 9.30. The lowest BCUT2D eigenvalue weighted by Gasteiger charge is -2.17. The lowest BCUT2D eigenvalue weighted by molar-refractivity contribution is 0.766. The summed E-state index contributed by atoms with van der Waals surface area (Å²) in [7, 11) is 0. The first-order chi connectivity index (χ1) is 28.7. The highest BCUT2D eigenvalue weighted by molar-refractivity contribution is 5.91. The second-order valence-corrected chi connectivity index (χ2v) is 14.5. The molecule has 0 aliphatic heterocycles. The largest absolute Gasteiger partial charge is 0.228 e. The van der Waals surface area contributed by atoms with E-state index >= 15 is 0 Å². The fraction of sp³-hybridized carbons (Fsp3) is 0.0377. The van der Waals surface area contributed by atoms with Crippen molar-refractivity contribution in [1.29, 1.82) is 0 Å². The minimum Gasteiger partial charge on any atom is -0.228 e. The predicted molar refractivity (Wildman–Crippen MR) is 236 cm³/mol. The summed E-state index contributed by atoms with van der Waals surface area (Å²) >= 11 is 0. The third kappa shape index (κ3) is 7.25. The van der Waals surface area contributed by atoms with Crippen LogP contribution >= 0.6 is 0 Å². The van der Waals surface area contributed by atoms with Gasteiger partial charge in [0.15, 0.2) is 17.5 Å². The SMILES string of the molecule is C1=CC(c2nc(-c3ccccc3)nc(-c3ccccc3)n2)CC=C1c1ccc2ccc(-c3ccc(-c4nc(-c5ccccc5)cc(-c5ccccc5)n4)cc3)cc2c1. The number of nitrogens with zero attached hydrogens (tertiary/aromatic N) is 5. The van der Waals surface area contributed by atoms with E-state index in [1.165, 1.54) is 21.9 Å². The van der Waals surface area contributed by atoms with Gasteiger partial charge in [-0.15, -0.1) is 0 Å². The van der Waals surface area contributed by atoms with Crippen LogP contribution < -0.4 is 0 Å². The summed E-state index contributed by atoms with van der Waals surface area (Å²) in [5.74, 6) is 2.91. The van der Waals surface area contributed by atoms with Crippen LogP contribution in [0, 0.1) is 0 Å². The van der Waals surface area contributed by atoms with E-state index in [9.17, 15) is 0 Å². The Balaban J connectivity index is 0.913. The van der Waals surface area contributed by atoms with Crippen LogP contribution in [0.1, 0.15) is 23.7 Å². The van der Waals surface area contributed by atoms with Crippen LogP contribution in [0.5, 0.6) is 0 Å². The number of aromatic nitrogens is 5. The standard InChI is InChI=1S/C53H37N5/c1-5-13-39(14-6-1)48-35-49(40-15-7-2-8-16-40)55-50(54-48)43-27-21-36(22-28-43)45-31-25-38-26-32-46(34-47(38)33-45)37-23-29-44(30-24-37)53-57-51(41-17-9-3-10-18-41)56-52(58-53)42-19-11-4-12-20-42/h1-29,31-35,44H,30H2. The van der Waals surface area contributed by atoms with E-state index < -0.39 is 0 Å². The molecule has 2 aromatic heterocycles. The number of allylic oxidation sites excluding steroid dienone is 4. The van der Waals surface area contributed by atoms with Crippen molar-refractivity contribution >= 4 is 16.3 Å². The van der Waals surface area contributed by atoms with Crippen molar-refractivity contribution in [3.63, 3.8) is 0 Å². The minimum atomic E-state index is 0.0443. The third-order valence-electron chi connectivity index (χ3n) is 10.7. The lowest BCUT2D eigenvalue weighted by Crippen LogP contribution is -2.08. The molecule has 0 spiro atoms. The molecule has 9 aromatic rings. The molecule has 1 unspecified atom stereocenters. The van der Waals surface area contributed by atoms with Crippen molar-refractivity contribution in [2.75, 3.05) is 0 Å². The molecule has 0 amide bonds. The molecule has 0 saturated carbocycles. The zero-order valence-corrected chi connectivity index (χ0v) is 31.7. The molecular formula is C53H37N5. The molecule has 58 heavy (non-hydrogen) atoms. The maximum absolute atomic E-state index is 5.02. The first-order valence-corrected chi connectivity index (χ1v) is 19.6. The first kappa shape index (κ1) is 34.8. The normalized spacial score (nSPS) is 13.7. The summed E-state index contributed by atoms with van der Waals surface area (Å²) < 4.78 is 0. The van der Waals surface area contributed by atoms with Crippen molar-refractivity contribution in [2.24, 2.45) is 0 Å². The number of fused-ring (bicyclic) bond motifs is 1. The fourth-order valence-electron chi connectivity index (χ4n) is 7.52. The number of rotatable bonds is 8. The molecule has 1 atom stereocenters. The van der Waals surface area contributed by atoms with E-state index in [1.54, 1.807) is 0 Å². The van der Waals surface area contributed by atoms with Crippen molar-refractivity contribution in [3.05, 3.63) is 218 Å². The summed E-state index contributed by atoms with van der Waals surface area (Å²) in [5, 5.41) is 2.40. The average Bonchev–Trinajstić information content (AvgIpc) is 3.32. The lowest BCUT2D eigenvalue weighted by atomic mass is 9.91. The Morgan fingerprint density at radius 1 is 0.345 bits per heavy atom. The maximum atomic E-state index is 5.02. The van der Waals surface area contributed by atoms with Gasteiger partial charge in [-0.05, 0) is 57.7 Å². The molecule has 1 aliphatic rings. The van der Waals surface area contributed by atoms with Gasteiger partial charge in [-0.25, -0.2) is 24.9 Å². The van der Waals surface area contributed by atoms with Crippen molar-refractivity contribution in [2.45, 2.75) is 12.3 Å². The van der Waals surface area contributed by atoms with Gasteiger partial charge >= 0.3 is 0 Å². The molecule has 5 nitrogen and oxygen atoms in total. The summed E-state index contributed by atoms with van der Waals surface area (Å²) in [5.41, 5.74) is 11.5. The molecule has 0 radical (unpaired) electrons. The van der Waals surface area contributed by atoms with Crippen LogP contribution in [0.25, 0.3) is 84.2 Å². The van der Waals surface area contributed by atoms with Gasteiger partial charge < -0.3 is 0 Å². The van der Waals surface area contributed by atoms with Gasteiger partial charge in [-0.1, -0.05) is 188 Å². The van der Waals surface area contributed by atoms with E-state index in [-0.39, 0.29) is 5.92 Å². The Morgan fingerprint density at radius 2 is 0.793 bits per heavy atom. The molecule has 10 rings (SSSR count). The maximum Gasteiger partial charge on any atom is 0.163 e. The molecule has 0 saturated heterocycles. The van der Waals surface area contributed by atoms with Gasteiger partial charge in [0.2, 0.25) is 0 Å². The highest BCUT2D eigenvalue weighted by Crippen LogP contribution is 2.34. The van der Waals surface area contributed by atoms with E-state index in [2.05, 4.69) is 109 Å². The highest BCUT2D eigenvalue weighted by Gasteiger charge is 2.19. The Hall–Kier alpha value is -7.63. The summed E-state index contributed by atoms with van der Waals surface area (Å²) in [6, 6.07) is 64.9. The van der Waals surface area contributed by atoms with Crippen LogP contribution in [0.3, 0.4) is 0 Å². The fourth-order valence-corrected chi connectivity index (χ4v) is 7.52. The monoisotopic (exact) mass is 743 g/mol. The second kappa shape index (κ2) is 15.5. The molecule has 274 valence electrons. The quantitative estimate of drug-likeness (QED) is 0.155. The van der Waals surface area contributed by atoms with Crippen LogP contribution in [0.15, 0.2) is 206 Å². The smallest absolute Gasteiger partial charge is 0.163 e. The molecule has 0 N–H and O–H groups in total. The zero-order valence-electron chi connectivity index (χ0n) is 31.7. The molecular weight excluding hydrogens is 707 g/mol. The van der Waals surface area contributed by atoms with E-state index in [0.717, 1.165) is 62.6 Å². The van der Waals surface area contributed by atoms with Crippen LogP contribution in [-0.2, 0) is 0 Å². The van der Waals surface area contributed by atoms with Crippen LogP contribution in [0.2, 0.25) is 0 Å². The van der Waals surface area contributed by atoms with E-state index in [0.29, 0.717) is 17.5 Å². The van der Waals surface area contributed by atoms with Crippen LogP contribution in [0.4, 0.5) is 0 Å². The molecule has 0 fully saturated rings. The van der Waals surface area contributed by atoms with Crippen molar-refractivity contribution in [3.8, 4) is 67.8 Å². The summed E-state index contributed by atoms with van der Waals surface area (Å²) in [4.78, 5) is 24.9. The molecule has 2 heterocycles. The van der Waals surface area contributed by atoms with Crippen molar-refractivity contribution in [1.82, 2.24) is 24.9 Å². The van der Waals surface area contributed by atoms with Gasteiger partial charge in [0.05, 0.1) is 11.4 Å². The third-order valence-corrected chi connectivity index (χ3v) is 10.7. The van der Waals surface area contributed by atoms with Gasteiger partial charge in [0, 0.05) is 33.7 Å². The Labute approximate surface area is 337 Å². The second-order valence-electron chi connectivity index (χ2n) is 14.5. The highest BCUT2D eigenvalue weighted by atomic mass is 15.0. The number of hydrogen-bond acceptors (Lipinski definition) is 5. The van der Waals surface area contributed by atoms with Gasteiger partial charge in [0.25, 0.3) is 0 Å². The molecule has 0 bridgehead atoms. The number of hydrogen-bond donors (Lipinski definition) is 0. The molecule has 5 heteroatoms. The topological polar surface area (TPSA) is 64.5 Å². The first-order valence-electron chi connectivity index (χ1n) is 19.6. The Morgan fingerprint density at radius 3 is 1.33 bits per heavy atom.